The maximum atomic E-state index is 12.7. The number of hydrogen-bond acceptors (Lipinski definition) is 3. The molecule has 0 aliphatic carbocycles. The summed E-state index contributed by atoms with van der Waals surface area (Å²) in [6, 6.07) is 14.9. The van der Waals surface area contributed by atoms with Crippen molar-refractivity contribution in [3.8, 4) is 5.75 Å². The van der Waals surface area contributed by atoms with Gasteiger partial charge in [-0.15, -0.1) is 0 Å². The minimum absolute atomic E-state index is 0.0227. The van der Waals surface area contributed by atoms with Crippen LogP contribution in [0.3, 0.4) is 0 Å². The Hall–Kier alpha value is -2.82. The van der Waals surface area contributed by atoms with Crippen LogP contribution in [0.25, 0.3) is 0 Å². The van der Waals surface area contributed by atoms with Gasteiger partial charge >= 0.3 is 0 Å². The van der Waals surface area contributed by atoms with Crippen LogP contribution in [0.5, 0.6) is 5.75 Å². The van der Waals surface area contributed by atoms with Gasteiger partial charge in [0.2, 0.25) is 0 Å². The van der Waals surface area contributed by atoms with Crippen molar-refractivity contribution in [3.63, 3.8) is 0 Å². The average Bonchev–Trinajstić information content (AvgIpc) is 2.73. The van der Waals surface area contributed by atoms with Gasteiger partial charge in [-0.2, -0.15) is 0 Å². The number of benzene rings is 2. The first-order chi connectivity index (χ1) is 13.9. The first-order valence-corrected chi connectivity index (χ1v) is 10.3. The Bertz CT molecular complexity index is 837. The molecule has 2 aromatic rings. The van der Waals surface area contributed by atoms with E-state index in [2.05, 4.69) is 26.1 Å². The minimum Gasteiger partial charge on any atom is -0.484 e. The summed E-state index contributed by atoms with van der Waals surface area (Å²) in [6.45, 7) is 7.99. The van der Waals surface area contributed by atoms with Crippen LogP contribution in [0.4, 0.5) is 5.69 Å². The second-order valence-electron chi connectivity index (χ2n) is 8.12. The fourth-order valence-electron chi connectivity index (χ4n) is 3.42. The molecule has 1 saturated heterocycles. The van der Waals surface area contributed by atoms with Gasteiger partial charge in [-0.1, -0.05) is 39.0 Å². The summed E-state index contributed by atoms with van der Waals surface area (Å²) in [5.74, 6) is 1.55. The van der Waals surface area contributed by atoms with Crippen molar-refractivity contribution in [2.24, 2.45) is 5.92 Å². The predicted molar refractivity (Wildman–Crippen MR) is 115 cm³/mol. The molecule has 0 atom stereocenters. The second-order valence-corrected chi connectivity index (χ2v) is 8.12. The van der Waals surface area contributed by atoms with E-state index in [1.807, 2.05) is 29.2 Å². The third-order valence-corrected chi connectivity index (χ3v) is 5.38. The number of ether oxygens (including phenoxy) is 1. The van der Waals surface area contributed by atoms with E-state index >= 15 is 0 Å². The van der Waals surface area contributed by atoms with Gasteiger partial charge in [0.05, 0.1) is 0 Å². The number of piperidine rings is 1. The second kappa shape index (κ2) is 9.59. The summed E-state index contributed by atoms with van der Waals surface area (Å²) in [5.41, 5.74) is 2.43. The van der Waals surface area contributed by atoms with Crippen LogP contribution in [-0.2, 0) is 4.79 Å². The third-order valence-electron chi connectivity index (χ3n) is 5.38. The van der Waals surface area contributed by atoms with Gasteiger partial charge < -0.3 is 15.0 Å². The minimum atomic E-state index is -0.255. The van der Waals surface area contributed by atoms with E-state index in [9.17, 15) is 9.59 Å². The molecule has 29 heavy (non-hydrogen) atoms. The van der Waals surface area contributed by atoms with Gasteiger partial charge in [-0.3, -0.25) is 9.59 Å². The summed E-state index contributed by atoms with van der Waals surface area (Å²) in [4.78, 5) is 26.9. The van der Waals surface area contributed by atoms with E-state index in [4.69, 9.17) is 4.74 Å². The Labute approximate surface area is 173 Å². The number of anilines is 1. The normalized spacial score (nSPS) is 14.7. The average molecular weight is 395 g/mol. The van der Waals surface area contributed by atoms with Gasteiger partial charge in [0, 0.05) is 24.3 Å². The van der Waals surface area contributed by atoms with Crippen molar-refractivity contribution >= 4 is 17.5 Å². The first kappa shape index (κ1) is 20.9. The standard InChI is InChI=1S/C24H30N2O3/c1-17(2)19-7-9-22(10-8-19)29-16-23(27)25-21-6-4-5-20(15-21)24(28)26-13-11-18(3)12-14-26/h4-10,15,17-18H,11-14,16H2,1-3H3,(H,25,27). The molecular weight excluding hydrogens is 364 g/mol. The van der Waals surface area contributed by atoms with E-state index in [0.29, 0.717) is 28.8 Å². The van der Waals surface area contributed by atoms with Crippen molar-refractivity contribution < 1.29 is 14.3 Å². The highest BCUT2D eigenvalue weighted by atomic mass is 16.5. The van der Waals surface area contributed by atoms with Crippen molar-refractivity contribution in [2.75, 3.05) is 25.0 Å². The number of carbonyl (C=O) groups is 2. The SMILES string of the molecule is CC1CCN(C(=O)c2cccc(NC(=O)COc3ccc(C(C)C)cc3)c2)CC1. The monoisotopic (exact) mass is 394 g/mol. The lowest BCUT2D eigenvalue weighted by atomic mass is 9.98. The lowest BCUT2D eigenvalue weighted by Gasteiger charge is -2.30. The number of nitrogens with zero attached hydrogens (tertiary/aromatic N) is 1. The molecule has 1 aliphatic rings. The predicted octanol–water partition coefficient (Wildman–Crippen LogP) is 4.70. The third kappa shape index (κ3) is 5.83. The Morgan fingerprint density at radius 2 is 1.79 bits per heavy atom. The topological polar surface area (TPSA) is 58.6 Å². The highest BCUT2D eigenvalue weighted by molar-refractivity contribution is 5.97. The molecule has 3 rings (SSSR count). The molecule has 1 heterocycles. The fraction of sp³-hybridized carbons (Fsp3) is 0.417. The summed E-state index contributed by atoms with van der Waals surface area (Å²) >= 11 is 0. The van der Waals surface area contributed by atoms with Gasteiger partial charge in [0.1, 0.15) is 5.75 Å². The molecule has 1 aliphatic heterocycles. The fourth-order valence-corrected chi connectivity index (χ4v) is 3.42. The number of likely N-dealkylation sites (tertiary alicyclic amines) is 1. The summed E-state index contributed by atoms with van der Waals surface area (Å²) < 4.78 is 5.57. The van der Waals surface area contributed by atoms with Crippen LogP contribution < -0.4 is 10.1 Å². The molecule has 1 N–H and O–H groups in total. The van der Waals surface area contributed by atoms with Gasteiger partial charge in [-0.25, -0.2) is 0 Å². The Morgan fingerprint density at radius 1 is 1.10 bits per heavy atom. The smallest absolute Gasteiger partial charge is 0.262 e. The van der Waals surface area contributed by atoms with Crippen LogP contribution in [0, 0.1) is 5.92 Å². The van der Waals surface area contributed by atoms with Crippen LogP contribution in [-0.4, -0.2) is 36.4 Å². The van der Waals surface area contributed by atoms with Crippen LogP contribution in [0.15, 0.2) is 48.5 Å². The number of nitrogens with one attached hydrogen (secondary N) is 1. The largest absolute Gasteiger partial charge is 0.484 e. The van der Waals surface area contributed by atoms with Crippen molar-refractivity contribution in [2.45, 2.75) is 39.5 Å². The summed E-state index contributed by atoms with van der Waals surface area (Å²) in [7, 11) is 0. The van der Waals surface area contributed by atoms with Gasteiger partial charge in [-0.05, 0) is 60.6 Å². The maximum absolute atomic E-state index is 12.7. The lowest BCUT2D eigenvalue weighted by molar-refractivity contribution is -0.118. The molecule has 0 saturated carbocycles. The molecule has 0 aromatic heterocycles. The molecule has 2 aromatic carbocycles. The quantitative estimate of drug-likeness (QED) is 0.773. The molecule has 0 spiro atoms. The van der Waals surface area contributed by atoms with E-state index in [0.717, 1.165) is 25.9 Å². The van der Waals surface area contributed by atoms with Crippen LogP contribution in [0.1, 0.15) is 55.5 Å². The zero-order valence-corrected chi connectivity index (χ0v) is 17.5. The zero-order valence-electron chi connectivity index (χ0n) is 17.5. The van der Waals surface area contributed by atoms with E-state index in [1.165, 1.54) is 5.56 Å². The van der Waals surface area contributed by atoms with Crippen molar-refractivity contribution in [1.82, 2.24) is 4.90 Å². The number of hydrogen-bond donors (Lipinski definition) is 1. The Morgan fingerprint density at radius 3 is 2.45 bits per heavy atom. The maximum Gasteiger partial charge on any atom is 0.262 e. The molecule has 5 nitrogen and oxygen atoms in total. The number of rotatable bonds is 6. The van der Waals surface area contributed by atoms with Crippen molar-refractivity contribution in [1.29, 1.82) is 0 Å². The van der Waals surface area contributed by atoms with E-state index < -0.39 is 0 Å². The molecule has 154 valence electrons. The Balaban J connectivity index is 1.54. The molecule has 5 heteroatoms. The summed E-state index contributed by atoms with van der Waals surface area (Å²) in [5, 5.41) is 2.81. The molecule has 2 amide bonds. The van der Waals surface area contributed by atoms with Gasteiger partial charge in [0.25, 0.3) is 11.8 Å². The van der Waals surface area contributed by atoms with Gasteiger partial charge in [0.15, 0.2) is 6.61 Å². The molecule has 0 unspecified atom stereocenters. The highest BCUT2D eigenvalue weighted by Gasteiger charge is 2.21. The van der Waals surface area contributed by atoms with Crippen molar-refractivity contribution in [3.05, 3.63) is 59.7 Å². The summed E-state index contributed by atoms with van der Waals surface area (Å²) in [6.07, 6.45) is 2.08. The molecular formula is C24H30N2O3. The van der Waals surface area contributed by atoms with E-state index in [-0.39, 0.29) is 18.4 Å². The highest BCUT2D eigenvalue weighted by Crippen LogP contribution is 2.20. The van der Waals surface area contributed by atoms with E-state index in [1.54, 1.807) is 24.3 Å². The van der Waals surface area contributed by atoms with Crippen LogP contribution in [0.2, 0.25) is 0 Å². The Kier molecular flexibility index (Phi) is 6.91. The lowest BCUT2D eigenvalue weighted by Crippen LogP contribution is -2.37. The zero-order chi connectivity index (χ0) is 20.8. The van der Waals surface area contributed by atoms with Crippen LogP contribution >= 0.6 is 0 Å². The number of amides is 2. The molecule has 1 fully saturated rings. The number of carbonyl (C=O) groups excluding carboxylic acids is 2. The molecule has 0 bridgehead atoms. The molecule has 0 radical (unpaired) electrons. The first-order valence-electron chi connectivity index (χ1n) is 10.3.